The van der Waals surface area contributed by atoms with Crippen LogP contribution in [0.5, 0.6) is 0 Å². The van der Waals surface area contributed by atoms with Crippen LogP contribution in [-0.2, 0) is 20.7 Å². The maximum atomic E-state index is 13.5. The molecule has 3 rings (SSSR count). The molecule has 2 aromatic rings. The first-order valence-corrected chi connectivity index (χ1v) is 11.0. The van der Waals surface area contributed by atoms with Crippen LogP contribution in [0.3, 0.4) is 0 Å². The first kappa shape index (κ1) is 24.2. The van der Waals surface area contributed by atoms with E-state index in [0.29, 0.717) is 31.3 Å². The highest BCUT2D eigenvalue weighted by Gasteiger charge is 2.41. The van der Waals surface area contributed by atoms with Crippen LogP contribution in [0.4, 0.5) is 4.39 Å². The number of aliphatic hydroxyl groups excluding tert-OH is 1. The molecule has 2 heterocycles. The molecule has 1 aliphatic heterocycles. The second-order valence-electron chi connectivity index (χ2n) is 8.34. The summed E-state index contributed by atoms with van der Waals surface area (Å²) in [5, 5.41) is 17.3. The Morgan fingerprint density at radius 2 is 2.16 bits per heavy atom. The van der Waals surface area contributed by atoms with Crippen LogP contribution < -0.4 is 10.6 Å². The number of halogens is 1. The number of fused-ring (bicyclic) bond motifs is 1. The van der Waals surface area contributed by atoms with Gasteiger partial charge in [0.1, 0.15) is 11.9 Å². The molecule has 9 heteroatoms. The van der Waals surface area contributed by atoms with E-state index < -0.39 is 30.3 Å². The van der Waals surface area contributed by atoms with Gasteiger partial charge in [-0.2, -0.15) is 0 Å². The number of H-pyrrole nitrogens is 1. The average Bonchev–Trinajstić information content (AvgIpc) is 3.35. The van der Waals surface area contributed by atoms with Gasteiger partial charge in [0, 0.05) is 30.8 Å². The Bertz CT molecular complexity index is 945. The average molecular weight is 449 g/mol. The summed E-state index contributed by atoms with van der Waals surface area (Å²) in [6.45, 7) is 4.00. The summed E-state index contributed by atoms with van der Waals surface area (Å²) in [6.07, 6.45) is 1.98. The SMILES string of the molecule is CC[C@H](NC)C(=O)N[C@H](C(=O)N1CCC(O)[C@@H]1Cc1c[nH]c2cc(F)ccc12)C(C)OC. The lowest BCUT2D eigenvalue weighted by molar-refractivity contribution is -0.141. The predicted molar refractivity (Wildman–Crippen MR) is 120 cm³/mol. The fourth-order valence-corrected chi connectivity index (χ4v) is 4.38. The van der Waals surface area contributed by atoms with Gasteiger partial charge in [0.2, 0.25) is 11.8 Å². The van der Waals surface area contributed by atoms with Crippen molar-refractivity contribution in [2.75, 3.05) is 20.7 Å². The number of hydrogen-bond donors (Lipinski definition) is 4. The van der Waals surface area contributed by atoms with E-state index in [4.69, 9.17) is 4.74 Å². The minimum atomic E-state index is -0.875. The van der Waals surface area contributed by atoms with E-state index >= 15 is 0 Å². The van der Waals surface area contributed by atoms with Crippen LogP contribution in [-0.4, -0.2) is 77.8 Å². The molecule has 32 heavy (non-hydrogen) atoms. The zero-order valence-corrected chi connectivity index (χ0v) is 19.0. The number of aromatic nitrogens is 1. The fourth-order valence-electron chi connectivity index (χ4n) is 4.38. The highest BCUT2D eigenvalue weighted by molar-refractivity contribution is 5.90. The second kappa shape index (κ2) is 10.4. The Hall–Kier alpha value is -2.49. The minimum absolute atomic E-state index is 0.271. The number of nitrogens with zero attached hydrogens (tertiary/aromatic N) is 1. The minimum Gasteiger partial charge on any atom is -0.391 e. The van der Waals surface area contributed by atoms with E-state index in [1.54, 1.807) is 31.1 Å². The first-order chi connectivity index (χ1) is 15.3. The van der Waals surface area contributed by atoms with Crippen LogP contribution >= 0.6 is 0 Å². The lowest BCUT2D eigenvalue weighted by Gasteiger charge is -2.33. The number of rotatable bonds is 9. The van der Waals surface area contributed by atoms with Gasteiger partial charge < -0.3 is 30.4 Å². The molecule has 1 aromatic carbocycles. The molecule has 1 aromatic heterocycles. The zero-order chi connectivity index (χ0) is 23.4. The van der Waals surface area contributed by atoms with Gasteiger partial charge in [-0.3, -0.25) is 9.59 Å². The van der Waals surface area contributed by atoms with Crippen molar-refractivity contribution >= 4 is 22.7 Å². The van der Waals surface area contributed by atoms with Gasteiger partial charge in [-0.05, 0) is 57.0 Å². The van der Waals surface area contributed by atoms with Gasteiger partial charge in [0.25, 0.3) is 0 Å². The third-order valence-electron chi connectivity index (χ3n) is 6.43. The molecule has 5 atom stereocenters. The van der Waals surface area contributed by atoms with E-state index in [1.807, 2.05) is 6.92 Å². The van der Waals surface area contributed by atoms with E-state index in [2.05, 4.69) is 15.6 Å². The van der Waals surface area contributed by atoms with Gasteiger partial charge in [0.05, 0.1) is 24.3 Å². The van der Waals surface area contributed by atoms with Gasteiger partial charge in [-0.1, -0.05) is 6.92 Å². The third-order valence-corrected chi connectivity index (χ3v) is 6.43. The molecule has 0 radical (unpaired) electrons. The molecule has 0 bridgehead atoms. The second-order valence-corrected chi connectivity index (χ2v) is 8.34. The molecule has 0 aliphatic carbocycles. The number of methoxy groups -OCH3 is 1. The standard InChI is InChI=1S/C23H33FN4O4/c1-5-17(25-3)22(30)27-21(13(2)32-4)23(31)28-9-8-20(29)19(28)10-14-12-26-18-11-15(24)6-7-16(14)18/h6-7,11-13,17,19-21,25-26,29H,5,8-10H2,1-4H3,(H,27,30)/t13?,17-,19-,20?,21-/m0/s1. The summed E-state index contributed by atoms with van der Waals surface area (Å²) in [7, 11) is 3.19. The Balaban J connectivity index is 1.82. The Morgan fingerprint density at radius 3 is 2.81 bits per heavy atom. The van der Waals surface area contributed by atoms with Crippen LogP contribution in [0, 0.1) is 5.82 Å². The molecule has 176 valence electrons. The van der Waals surface area contributed by atoms with E-state index in [9.17, 15) is 19.1 Å². The molecule has 0 spiro atoms. The first-order valence-electron chi connectivity index (χ1n) is 11.0. The molecule has 2 amide bonds. The van der Waals surface area contributed by atoms with Crippen LogP contribution in [0.25, 0.3) is 10.9 Å². The number of carbonyl (C=O) groups is 2. The Morgan fingerprint density at radius 1 is 1.41 bits per heavy atom. The topological polar surface area (TPSA) is 107 Å². The maximum Gasteiger partial charge on any atom is 0.248 e. The summed E-state index contributed by atoms with van der Waals surface area (Å²) in [5.74, 6) is -0.888. The van der Waals surface area contributed by atoms with Crippen molar-refractivity contribution in [1.29, 1.82) is 0 Å². The molecule has 1 fully saturated rings. The smallest absolute Gasteiger partial charge is 0.248 e. The monoisotopic (exact) mass is 448 g/mol. The number of ether oxygens (including phenoxy) is 1. The Labute approximate surface area is 187 Å². The van der Waals surface area contributed by atoms with Crippen LogP contribution in [0.2, 0.25) is 0 Å². The number of benzene rings is 1. The van der Waals surface area contributed by atoms with Crippen molar-refractivity contribution in [2.24, 2.45) is 0 Å². The summed E-state index contributed by atoms with van der Waals surface area (Å²) in [4.78, 5) is 30.9. The quantitative estimate of drug-likeness (QED) is 0.463. The summed E-state index contributed by atoms with van der Waals surface area (Å²) >= 11 is 0. The van der Waals surface area contributed by atoms with Crippen LogP contribution in [0.15, 0.2) is 24.4 Å². The van der Waals surface area contributed by atoms with E-state index in [-0.39, 0.29) is 17.6 Å². The van der Waals surface area contributed by atoms with E-state index in [1.165, 1.54) is 19.2 Å². The van der Waals surface area contributed by atoms with Gasteiger partial charge in [-0.25, -0.2) is 4.39 Å². The molecule has 1 saturated heterocycles. The number of likely N-dealkylation sites (N-methyl/N-ethyl adjacent to an activating group) is 1. The number of amides is 2. The number of aliphatic hydroxyl groups is 1. The van der Waals surface area contributed by atoms with Crippen molar-refractivity contribution in [2.45, 2.75) is 63.4 Å². The number of aromatic amines is 1. The number of carbonyl (C=O) groups excluding carboxylic acids is 2. The lowest BCUT2D eigenvalue weighted by Crippen LogP contribution is -2.58. The van der Waals surface area contributed by atoms with Crippen molar-refractivity contribution < 1.29 is 23.8 Å². The number of hydrogen-bond acceptors (Lipinski definition) is 5. The normalized spacial score (nSPS) is 21.5. The summed E-state index contributed by atoms with van der Waals surface area (Å²) in [6, 6.07) is 2.76. The van der Waals surface area contributed by atoms with Crippen molar-refractivity contribution in [3.05, 3.63) is 35.8 Å². The molecule has 4 N–H and O–H groups in total. The molecule has 8 nitrogen and oxygen atoms in total. The number of likely N-dealkylation sites (tertiary alicyclic amines) is 1. The maximum absolute atomic E-state index is 13.5. The molecular weight excluding hydrogens is 415 g/mol. The van der Waals surface area contributed by atoms with Crippen molar-refractivity contribution in [3.63, 3.8) is 0 Å². The highest BCUT2D eigenvalue weighted by atomic mass is 19.1. The summed E-state index contributed by atoms with van der Waals surface area (Å²) < 4.78 is 18.9. The Kier molecular flexibility index (Phi) is 7.86. The fraction of sp³-hybridized carbons (Fsp3) is 0.565. The largest absolute Gasteiger partial charge is 0.391 e. The van der Waals surface area contributed by atoms with E-state index in [0.717, 1.165) is 10.9 Å². The molecular formula is C23H33FN4O4. The van der Waals surface area contributed by atoms with Crippen molar-refractivity contribution in [3.8, 4) is 0 Å². The van der Waals surface area contributed by atoms with Crippen molar-refractivity contribution in [1.82, 2.24) is 20.5 Å². The van der Waals surface area contributed by atoms with Crippen LogP contribution in [0.1, 0.15) is 32.3 Å². The highest BCUT2D eigenvalue weighted by Crippen LogP contribution is 2.27. The number of nitrogens with one attached hydrogen (secondary N) is 3. The zero-order valence-electron chi connectivity index (χ0n) is 19.0. The van der Waals surface area contributed by atoms with Gasteiger partial charge in [0.15, 0.2) is 0 Å². The lowest BCUT2D eigenvalue weighted by atomic mass is 10.0. The predicted octanol–water partition coefficient (Wildman–Crippen LogP) is 1.33. The molecule has 2 unspecified atom stereocenters. The summed E-state index contributed by atoms with van der Waals surface area (Å²) in [5.41, 5.74) is 1.56. The molecule has 0 saturated carbocycles. The molecule has 1 aliphatic rings. The van der Waals surface area contributed by atoms with Gasteiger partial charge in [-0.15, -0.1) is 0 Å². The third kappa shape index (κ3) is 4.95. The van der Waals surface area contributed by atoms with Gasteiger partial charge >= 0.3 is 0 Å².